The second kappa shape index (κ2) is 4.96. The normalized spacial score (nSPS) is 12.1. The van der Waals surface area contributed by atoms with Crippen molar-refractivity contribution in [3.63, 3.8) is 0 Å². The summed E-state index contributed by atoms with van der Waals surface area (Å²) >= 11 is 1.19. The van der Waals surface area contributed by atoms with E-state index in [1.807, 2.05) is 0 Å². The molecule has 1 amide bonds. The van der Waals surface area contributed by atoms with E-state index >= 15 is 0 Å². The summed E-state index contributed by atoms with van der Waals surface area (Å²) < 4.78 is 0. The first-order valence-electron chi connectivity index (χ1n) is 5.07. The van der Waals surface area contributed by atoms with Crippen molar-refractivity contribution in [2.75, 3.05) is 0 Å². The summed E-state index contributed by atoms with van der Waals surface area (Å²) in [5.41, 5.74) is 0.328. The molecule has 94 valence electrons. The van der Waals surface area contributed by atoms with Crippen molar-refractivity contribution in [2.45, 2.75) is 13.0 Å². The Morgan fingerprint density at radius 2 is 2.33 bits per heavy atom. The lowest BCUT2D eigenvalue weighted by molar-refractivity contribution is 0.0691. The number of nitrogens with one attached hydrogen (secondary N) is 2. The predicted molar refractivity (Wildman–Crippen MR) is 63.5 cm³/mol. The largest absolute Gasteiger partial charge is 0.476 e. The number of nitrogens with zero attached hydrogens (tertiary/aromatic N) is 2. The van der Waals surface area contributed by atoms with Crippen LogP contribution < -0.4 is 5.32 Å². The van der Waals surface area contributed by atoms with Gasteiger partial charge in [-0.1, -0.05) is 0 Å². The maximum Gasteiger partial charge on any atom is 0.355 e. The fourth-order valence-corrected chi connectivity index (χ4v) is 2.10. The number of carbonyl (C=O) groups is 2. The minimum atomic E-state index is -1.08. The van der Waals surface area contributed by atoms with Gasteiger partial charge in [0.05, 0.1) is 6.04 Å². The number of rotatable bonds is 4. The first kappa shape index (κ1) is 12.2. The number of carbonyl (C=O) groups excluding carboxylic acids is 1. The topological polar surface area (TPSA) is 108 Å². The molecule has 0 aliphatic heterocycles. The summed E-state index contributed by atoms with van der Waals surface area (Å²) in [5.74, 6) is -1.39. The molecule has 0 fully saturated rings. The van der Waals surface area contributed by atoms with E-state index in [-0.39, 0.29) is 17.6 Å². The molecule has 2 aromatic rings. The fourth-order valence-electron chi connectivity index (χ4n) is 1.30. The molecule has 0 saturated carbocycles. The highest BCUT2D eigenvalue weighted by Gasteiger charge is 2.17. The lowest BCUT2D eigenvalue weighted by Crippen LogP contribution is -2.27. The maximum absolute atomic E-state index is 11.7. The molecule has 2 aromatic heterocycles. The number of carboxylic acids is 1. The van der Waals surface area contributed by atoms with Crippen molar-refractivity contribution in [3.05, 3.63) is 34.0 Å². The number of carboxylic acid groups (broad SMARTS) is 1. The van der Waals surface area contributed by atoms with Crippen LogP contribution in [0, 0.1) is 0 Å². The van der Waals surface area contributed by atoms with Gasteiger partial charge < -0.3 is 10.4 Å². The Kier molecular flexibility index (Phi) is 3.38. The van der Waals surface area contributed by atoms with Crippen LogP contribution in [0.25, 0.3) is 0 Å². The average Bonchev–Trinajstić information content (AvgIpc) is 3.00. The van der Waals surface area contributed by atoms with Crippen LogP contribution in [0.4, 0.5) is 0 Å². The van der Waals surface area contributed by atoms with E-state index in [9.17, 15) is 9.59 Å². The summed E-state index contributed by atoms with van der Waals surface area (Å²) in [7, 11) is 0. The molecular weight excluding hydrogens is 256 g/mol. The van der Waals surface area contributed by atoms with Gasteiger partial charge in [-0.15, -0.1) is 11.3 Å². The van der Waals surface area contributed by atoms with Gasteiger partial charge >= 0.3 is 5.97 Å². The molecule has 3 N–H and O–H groups in total. The van der Waals surface area contributed by atoms with E-state index in [4.69, 9.17) is 5.11 Å². The first-order chi connectivity index (χ1) is 8.58. The molecule has 0 saturated heterocycles. The average molecular weight is 266 g/mol. The highest BCUT2D eigenvalue weighted by molar-refractivity contribution is 7.09. The number of aromatic nitrogens is 3. The molecule has 8 heteroatoms. The summed E-state index contributed by atoms with van der Waals surface area (Å²) in [6, 6.07) is 1.19. The minimum Gasteiger partial charge on any atom is -0.476 e. The molecule has 0 spiro atoms. The molecule has 1 unspecified atom stereocenters. The van der Waals surface area contributed by atoms with Crippen LogP contribution in [0.1, 0.15) is 39.0 Å². The van der Waals surface area contributed by atoms with Crippen molar-refractivity contribution >= 4 is 23.2 Å². The van der Waals surface area contributed by atoms with Gasteiger partial charge in [-0.3, -0.25) is 9.89 Å². The molecular formula is C10H10N4O3S. The minimum absolute atomic E-state index is 0.0161. The Morgan fingerprint density at radius 1 is 1.56 bits per heavy atom. The van der Waals surface area contributed by atoms with Crippen LogP contribution in [-0.2, 0) is 0 Å². The van der Waals surface area contributed by atoms with E-state index in [0.717, 1.165) is 0 Å². The summed E-state index contributed by atoms with van der Waals surface area (Å²) in [5, 5.41) is 19.7. The Hall–Kier alpha value is -2.22. The number of thiazole rings is 1. The highest BCUT2D eigenvalue weighted by Crippen LogP contribution is 2.18. The predicted octanol–water partition coefficient (Wildman–Crippen LogP) is 1.06. The van der Waals surface area contributed by atoms with Gasteiger partial charge in [0.2, 0.25) is 0 Å². The highest BCUT2D eigenvalue weighted by atomic mass is 32.1. The Labute approximate surface area is 106 Å². The van der Waals surface area contributed by atoms with Crippen LogP contribution >= 0.6 is 11.3 Å². The molecule has 0 radical (unpaired) electrons. The van der Waals surface area contributed by atoms with E-state index < -0.39 is 5.97 Å². The van der Waals surface area contributed by atoms with Crippen LogP contribution in [0.15, 0.2) is 17.6 Å². The van der Waals surface area contributed by atoms with Gasteiger partial charge in [0.25, 0.3) is 5.91 Å². The quantitative estimate of drug-likeness (QED) is 0.766. The molecule has 0 aliphatic rings. The molecule has 0 bridgehead atoms. The van der Waals surface area contributed by atoms with E-state index in [2.05, 4.69) is 20.5 Å². The summed E-state index contributed by atoms with van der Waals surface area (Å²) in [6.45, 7) is 1.73. The number of hydrogen-bond acceptors (Lipinski definition) is 5. The number of aromatic amines is 1. The third-order valence-corrected chi connectivity index (χ3v) is 3.23. The molecule has 2 rings (SSSR count). The van der Waals surface area contributed by atoms with Gasteiger partial charge in [-0.25, -0.2) is 9.78 Å². The SMILES string of the molecule is CC(NC(=O)c1ccn[nH]1)c1nc(C(=O)O)cs1. The van der Waals surface area contributed by atoms with E-state index in [1.165, 1.54) is 22.9 Å². The fraction of sp³-hybridized carbons (Fsp3) is 0.200. The lowest BCUT2D eigenvalue weighted by Gasteiger charge is -2.09. The molecule has 0 aromatic carbocycles. The molecule has 18 heavy (non-hydrogen) atoms. The Balaban J connectivity index is 2.05. The van der Waals surface area contributed by atoms with Crippen LogP contribution in [0.3, 0.4) is 0 Å². The van der Waals surface area contributed by atoms with Crippen molar-refractivity contribution in [1.82, 2.24) is 20.5 Å². The second-order valence-corrected chi connectivity index (χ2v) is 4.43. The number of aromatic carboxylic acids is 1. The summed E-state index contributed by atoms with van der Waals surface area (Å²) in [6.07, 6.45) is 1.48. The zero-order valence-electron chi connectivity index (χ0n) is 9.38. The molecule has 1 atom stereocenters. The Morgan fingerprint density at radius 3 is 2.89 bits per heavy atom. The number of H-pyrrole nitrogens is 1. The number of amides is 1. The number of hydrogen-bond donors (Lipinski definition) is 3. The third-order valence-electron chi connectivity index (χ3n) is 2.20. The van der Waals surface area contributed by atoms with Crippen molar-refractivity contribution in [3.8, 4) is 0 Å². The van der Waals surface area contributed by atoms with Gasteiger partial charge in [-0.05, 0) is 13.0 Å². The van der Waals surface area contributed by atoms with Crippen LogP contribution in [0.2, 0.25) is 0 Å². The zero-order chi connectivity index (χ0) is 13.1. The van der Waals surface area contributed by atoms with Crippen molar-refractivity contribution in [2.24, 2.45) is 0 Å². The summed E-state index contributed by atoms with van der Waals surface area (Å²) in [4.78, 5) is 26.3. The lowest BCUT2D eigenvalue weighted by atomic mass is 10.3. The standard InChI is InChI=1S/C10H10N4O3S/c1-5(9-13-7(4-18-9)10(16)17)12-8(15)6-2-3-11-14-6/h2-5H,1H3,(H,11,14)(H,12,15)(H,16,17). The molecule has 2 heterocycles. The van der Waals surface area contributed by atoms with Crippen molar-refractivity contribution in [1.29, 1.82) is 0 Å². The Bertz CT molecular complexity index is 563. The first-order valence-corrected chi connectivity index (χ1v) is 5.95. The van der Waals surface area contributed by atoms with E-state index in [0.29, 0.717) is 10.7 Å². The van der Waals surface area contributed by atoms with Gasteiger partial charge in [-0.2, -0.15) is 5.10 Å². The monoisotopic (exact) mass is 266 g/mol. The van der Waals surface area contributed by atoms with E-state index in [1.54, 1.807) is 13.0 Å². The second-order valence-electron chi connectivity index (χ2n) is 3.54. The maximum atomic E-state index is 11.7. The van der Waals surface area contributed by atoms with Crippen LogP contribution in [0.5, 0.6) is 0 Å². The molecule has 7 nitrogen and oxygen atoms in total. The van der Waals surface area contributed by atoms with Gasteiger partial charge in [0.15, 0.2) is 5.69 Å². The van der Waals surface area contributed by atoms with Gasteiger partial charge in [0, 0.05) is 11.6 Å². The zero-order valence-corrected chi connectivity index (χ0v) is 10.2. The van der Waals surface area contributed by atoms with Crippen molar-refractivity contribution < 1.29 is 14.7 Å². The van der Waals surface area contributed by atoms with Crippen LogP contribution in [-0.4, -0.2) is 32.2 Å². The smallest absolute Gasteiger partial charge is 0.355 e. The molecule has 0 aliphatic carbocycles. The third kappa shape index (κ3) is 2.54. The van der Waals surface area contributed by atoms with Gasteiger partial charge in [0.1, 0.15) is 10.7 Å².